The molecule has 0 aliphatic heterocycles. The maximum atomic E-state index is 14.8. The second-order valence-electron chi connectivity index (χ2n) is 8.83. The Morgan fingerprint density at radius 3 is 1.76 bits per heavy atom. The van der Waals surface area contributed by atoms with Gasteiger partial charge in [-0.25, -0.2) is 26.3 Å². The average Bonchev–Trinajstić information content (AvgIpc) is 2.83. The summed E-state index contributed by atoms with van der Waals surface area (Å²) in [5, 5.41) is 0. The summed E-state index contributed by atoms with van der Waals surface area (Å²) in [7, 11) is 0. The lowest BCUT2D eigenvalue weighted by Crippen LogP contribution is -2.25. The van der Waals surface area contributed by atoms with Crippen molar-refractivity contribution in [2.45, 2.75) is 58.5 Å². The van der Waals surface area contributed by atoms with Crippen LogP contribution in [0.5, 0.6) is 5.75 Å². The molecule has 0 N–H and O–H groups in total. The van der Waals surface area contributed by atoms with Crippen LogP contribution in [0.3, 0.4) is 0 Å². The molecule has 1 aliphatic carbocycles. The first-order chi connectivity index (χ1) is 17.5. The van der Waals surface area contributed by atoms with E-state index >= 15 is 0 Å². The third kappa shape index (κ3) is 6.25. The zero-order valence-electron chi connectivity index (χ0n) is 20.5. The van der Waals surface area contributed by atoms with E-state index in [0.717, 1.165) is 31.2 Å². The molecule has 0 aromatic heterocycles. The predicted molar refractivity (Wildman–Crippen MR) is 124 cm³/mol. The van der Waals surface area contributed by atoms with E-state index in [2.05, 4.69) is 11.7 Å². The van der Waals surface area contributed by atoms with E-state index in [1.54, 1.807) is 6.07 Å². The van der Waals surface area contributed by atoms with Crippen LogP contribution in [-0.2, 0) is 6.11 Å². The van der Waals surface area contributed by atoms with Crippen LogP contribution in [0.4, 0.5) is 35.1 Å². The van der Waals surface area contributed by atoms with Gasteiger partial charge in [0.15, 0.2) is 17.5 Å². The van der Waals surface area contributed by atoms with Crippen LogP contribution in [0.1, 0.15) is 63.5 Å². The van der Waals surface area contributed by atoms with Crippen LogP contribution < -0.4 is 4.74 Å². The molecule has 3 aromatic carbocycles. The SMILES string of the molecule is CC.CC1CCC(c2ccc(-c3cc(F)c(C(F)(F)Oc4cc(F)c(F)c(F)c4)c(F)c3)c(F)c2)CC1. The van der Waals surface area contributed by atoms with Gasteiger partial charge in [0.05, 0.1) is 0 Å². The lowest BCUT2D eigenvalue weighted by molar-refractivity contribution is -0.189. The average molecular weight is 530 g/mol. The Morgan fingerprint density at radius 1 is 0.703 bits per heavy atom. The number of ether oxygens (including phenoxy) is 1. The van der Waals surface area contributed by atoms with Crippen molar-refractivity contribution in [2.75, 3.05) is 0 Å². The Bertz CT molecular complexity index is 1200. The smallest absolute Gasteiger partial charge is 0.429 e. The van der Waals surface area contributed by atoms with Crippen molar-refractivity contribution in [3.8, 4) is 16.9 Å². The van der Waals surface area contributed by atoms with Crippen LogP contribution in [0.25, 0.3) is 11.1 Å². The third-order valence-corrected chi connectivity index (χ3v) is 6.33. The Morgan fingerprint density at radius 2 is 1.24 bits per heavy atom. The van der Waals surface area contributed by atoms with Gasteiger partial charge in [-0.2, -0.15) is 8.78 Å². The molecule has 1 aliphatic rings. The fourth-order valence-corrected chi connectivity index (χ4v) is 4.41. The maximum Gasteiger partial charge on any atom is 0.432 e. The zero-order valence-corrected chi connectivity index (χ0v) is 20.5. The van der Waals surface area contributed by atoms with Gasteiger partial charge in [0.25, 0.3) is 0 Å². The Kier molecular flexibility index (Phi) is 8.87. The molecule has 0 amide bonds. The van der Waals surface area contributed by atoms with Crippen LogP contribution in [0.2, 0.25) is 0 Å². The summed E-state index contributed by atoms with van der Waals surface area (Å²) in [6, 6.07) is 5.53. The van der Waals surface area contributed by atoms with E-state index in [9.17, 15) is 35.1 Å². The summed E-state index contributed by atoms with van der Waals surface area (Å²) in [5.74, 6) is -10.3. The highest BCUT2D eigenvalue weighted by atomic mass is 19.3. The van der Waals surface area contributed by atoms with Crippen molar-refractivity contribution in [3.63, 3.8) is 0 Å². The van der Waals surface area contributed by atoms with Gasteiger partial charge in [-0.1, -0.05) is 45.7 Å². The van der Waals surface area contributed by atoms with E-state index in [1.807, 2.05) is 13.8 Å². The van der Waals surface area contributed by atoms with Gasteiger partial charge in [0, 0.05) is 17.7 Å². The molecular formula is C28H26F8O. The highest BCUT2D eigenvalue weighted by Gasteiger charge is 2.41. The molecule has 0 saturated heterocycles. The summed E-state index contributed by atoms with van der Waals surface area (Å²) >= 11 is 0. The van der Waals surface area contributed by atoms with Gasteiger partial charge in [-0.3, -0.25) is 0 Å². The lowest BCUT2D eigenvalue weighted by Gasteiger charge is -2.26. The number of alkyl halides is 2. The third-order valence-electron chi connectivity index (χ3n) is 6.33. The molecule has 0 unspecified atom stereocenters. The topological polar surface area (TPSA) is 9.23 Å². The first kappa shape index (κ1) is 28.5. The van der Waals surface area contributed by atoms with Crippen molar-refractivity contribution in [1.82, 2.24) is 0 Å². The molecule has 0 radical (unpaired) electrons. The highest BCUT2D eigenvalue weighted by molar-refractivity contribution is 5.65. The van der Waals surface area contributed by atoms with Crippen molar-refractivity contribution < 1.29 is 39.9 Å². The lowest BCUT2D eigenvalue weighted by atomic mass is 9.79. The van der Waals surface area contributed by atoms with E-state index in [4.69, 9.17) is 0 Å². The molecule has 1 fully saturated rings. The number of hydrogen-bond donors (Lipinski definition) is 0. The summed E-state index contributed by atoms with van der Waals surface area (Å²) in [6.45, 7) is 6.15. The van der Waals surface area contributed by atoms with E-state index < -0.39 is 52.3 Å². The summed E-state index contributed by atoms with van der Waals surface area (Å²) < 4.78 is 117. The normalized spacial score (nSPS) is 17.7. The van der Waals surface area contributed by atoms with Gasteiger partial charge in [-0.15, -0.1) is 0 Å². The van der Waals surface area contributed by atoms with Crippen LogP contribution >= 0.6 is 0 Å². The summed E-state index contributed by atoms with van der Waals surface area (Å²) in [5.41, 5.74) is -1.59. The van der Waals surface area contributed by atoms with Gasteiger partial charge in [0.1, 0.15) is 28.8 Å². The molecule has 9 heteroatoms. The second-order valence-corrected chi connectivity index (χ2v) is 8.83. The molecule has 37 heavy (non-hydrogen) atoms. The van der Waals surface area contributed by atoms with Crippen molar-refractivity contribution >= 4 is 0 Å². The quantitative estimate of drug-likeness (QED) is 0.236. The van der Waals surface area contributed by atoms with Crippen LogP contribution in [0, 0.1) is 40.8 Å². The minimum Gasteiger partial charge on any atom is -0.429 e. The number of benzene rings is 3. The van der Waals surface area contributed by atoms with Crippen LogP contribution in [-0.4, -0.2) is 0 Å². The van der Waals surface area contributed by atoms with E-state index in [1.165, 1.54) is 12.1 Å². The Balaban J connectivity index is 0.00000186. The fraction of sp³-hybridized carbons (Fsp3) is 0.357. The minimum absolute atomic E-state index is 0.112. The predicted octanol–water partition coefficient (Wildman–Crippen LogP) is 9.64. The number of halogens is 8. The standard InChI is InChI=1S/C26H20F8O.C2H6/c1-13-2-4-14(5-3-13)15-6-7-18(19(27)8-15)16-9-20(28)24(21(29)10-16)26(33,34)35-17-11-22(30)25(32)23(31)12-17;1-2/h6-14H,2-5H2,1H3;1-2H3. The molecule has 0 spiro atoms. The first-order valence-corrected chi connectivity index (χ1v) is 12.0. The van der Waals surface area contributed by atoms with Crippen molar-refractivity contribution in [1.29, 1.82) is 0 Å². The van der Waals surface area contributed by atoms with Gasteiger partial charge < -0.3 is 4.74 Å². The molecule has 1 nitrogen and oxygen atoms in total. The molecule has 1 saturated carbocycles. The molecular weight excluding hydrogens is 504 g/mol. The molecule has 3 aromatic rings. The fourth-order valence-electron chi connectivity index (χ4n) is 4.41. The monoisotopic (exact) mass is 530 g/mol. The second kappa shape index (κ2) is 11.5. The molecule has 0 bridgehead atoms. The Hall–Kier alpha value is -3.10. The van der Waals surface area contributed by atoms with Crippen molar-refractivity contribution in [3.05, 3.63) is 88.5 Å². The van der Waals surface area contributed by atoms with Gasteiger partial charge in [-0.05, 0) is 54.0 Å². The van der Waals surface area contributed by atoms with Crippen LogP contribution in [0.15, 0.2) is 42.5 Å². The van der Waals surface area contributed by atoms with Crippen molar-refractivity contribution in [2.24, 2.45) is 5.92 Å². The highest BCUT2D eigenvalue weighted by Crippen LogP contribution is 2.40. The molecule has 200 valence electrons. The molecule has 4 rings (SSSR count). The number of hydrogen-bond acceptors (Lipinski definition) is 1. The first-order valence-electron chi connectivity index (χ1n) is 12.0. The van der Waals surface area contributed by atoms with E-state index in [0.29, 0.717) is 18.1 Å². The summed E-state index contributed by atoms with van der Waals surface area (Å²) in [6.07, 6.45) is -0.896. The van der Waals surface area contributed by atoms with Gasteiger partial charge in [0.2, 0.25) is 0 Å². The minimum atomic E-state index is -4.72. The largest absolute Gasteiger partial charge is 0.432 e. The zero-order chi connectivity index (χ0) is 27.5. The van der Waals surface area contributed by atoms with Gasteiger partial charge >= 0.3 is 6.11 Å². The van der Waals surface area contributed by atoms with E-state index in [-0.39, 0.29) is 29.2 Å². The molecule has 0 atom stereocenters. The Labute approximate surface area is 210 Å². The molecule has 0 heterocycles. The maximum absolute atomic E-state index is 14.8. The summed E-state index contributed by atoms with van der Waals surface area (Å²) in [4.78, 5) is 0. The number of rotatable bonds is 5.